The van der Waals surface area contributed by atoms with E-state index < -0.39 is 0 Å². The first-order chi connectivity index (χ1) is 6.90. The van der Waals surface area contributed by atoms with E-state index in [9.17, 15) is 0 Å². The van der Waals surface area contributed by atoms with Crippen molar-refractivity contribution < 1.29 is 0 Å². The number of rotatable bonds is 1. The van der Waals surface area contributed by atoms with Gasteiger partial charge >= 0.3 is 0 Å². The van der Waals surface area contributed by atoms with Crippen LogP contribution in [0.2, 0.25) is 0 Å². The maximum Gasteiger partial charge on any atom is 0.140 e. The van der Waals surface area contributed by atoms with Crippen LogP contribution in [-0.2, 0) is 0 Å². The number of halogens is 1. The third-order valence-corrected chi connectivity index (χ3v) is 2.34. The van der Waals surface area contributed by atoms with Gasteiger partial charge in [-0.25, -0.2) is 4.98 Å². The van der Waals surface area contributed by atoms with Crippen LogP contribution in [-0.4, -0.2) is 31.2 Å². The number of piperazine rings is 1. The first-order valence-corrected chi connectivity index (χ1v) is 4.72. The molecule has 0 amide bonds. The largest absolute Gasteiger partial charge is 0.368 e. The zero-order valence-electron chi connectivity index (χ0n) is 8.31. The van der Waals surface area contributed by atoms with Gasteiger partial charge in [0.05, 0.1) is 11.9 Å². The molecule has 0 unspecified atom stereocenters. The van der Waals surface area contributed by atoms with E-state index in [0.717, 1.165) is 31.9 Å². The minimum Gasteiger partial charge on any atom is -0.368 e. The molecule has 2 rings (SSSR count). The smallest absolute Gasteiger partial charge is 0.140 e. The first kappa shape index (κ1) is 11.8. The van der Waals surface area contributed by atoms with E-state index >= 15 is 0 Å². The number of pyridine rings is 1. The molecule has 1 saturated heterocycles. The predicted octanol–water partition coefficient (Wildman–Crippen LogP) is 0.785. The summed E-state index contributed by atoms with van der Waals surface area (Å²) in [5.41, 5.74) is 1.58. The lowest BCUT2D eigenvalue weighted by molar-refractivity contribution is 0.588. The van der Waals surface area contributed by atoms with E-state index in [0.29, 0.717) is 5.69 Å². The summed E-state index contributed by atoms with van der Waals surface area (Å²) in [7, 11) is 0. The van der Waals surface area contributed by atoms with Crippen LogP contribution in [0.15, 0.2) is 18.3 Å². The van der Waals surface area contributed by atoms with Gasteiger partial charge < -0.3 is 10.2 Å². The third-order valence-electron chi connectivity index (χ3n) is 2.34. The zero-order valence-corrected chi connectivity index (χ0v) is 9.13. The van der Waals surface area contributed by atoms with Crippen molar-refractivity contribution in [2.75, 3.05) is 31.1 Å². The average molecular weight is 225 g/mol. The predicted molar refractivity (Wildman–Crippen MR) is 61.3 cm³/mol. The number of anilines is 1. The SMILES string of the molecule is Cl.N#Cc1ccc(N2CCNCC2)cn1. The van der Waals surface area contributed by atoms with Crippen molar-refractivity contribution in [3.8, 4) is 6.07 Å². The maximum absolute atomic E-state index is 8.60. The molecule has 1 aliphatic heterocycles. The Morgan fingerprint density at radius 1 is 1.33 bits per heavy atom. The molecule has 0 radical (unpaired) electrons. The van der Waals surface area contributed by atoms with Gasteiger partial charge in [0.2, 0.25) is 0 Å². The van der Waals surface area contributed by atoms with Crippen molar-refractivity contribution in [2.24, 2.45) is 0 Å². The highest BCUT2D eigenvalue weighted by Gasteiger charge is 2.09. The molecule has 5 heteroatoms. The number of hydrogen-bond acceptors (Lipinski definition) is 4. The van der Waals surface area contributed by atoms with Crippen LogP contribution in [0.1, 0.15) is 5.69 Å². The molecule has 1 aromatic heterocycles. The topological polar surface area (TPSA) is 52.0 Å². The molecule has 1 N–H and O–H groups in total. The van der Waals surface area contributed by atoms with Crippen LogP contribution in [0.3, 0.4) is 0 Å². The molecular formula is C10H13ClN4. The molecule has 1 fully saturated rings. The summed E-state index contributed by atoms with van der Waals surface area (Å²) in [5.74, 6) is 0. The quantitative estimate of drug-likeness (QED) is 0.766. The van der Waals surface area contributed by atoms with Crippen LogP contribution < -0.4 is 10.2 Å². The second-order valence-corrected chi connectivity index (χ2v) is 3.25. The Bertz CT molecular complexity index is 337. The highest BCUT2D eigenvalue weighted by molar-refractivity contribution is 5.85. The van der Waals surface area contributed by atoms with Crippen molar-refractivity contribution in [1.29, 1.82) is 5.26 Å². The van der Waals surface area contributed by atoms with Crippen LogP contribution in [0.4, 0.5) is 5.69 Å². The summed E-state index contributed by atoms with van der Waals surface area (Å²) < 4.78 is 0. The summed E-state index contributed by atoms with van der Waals surface area (Å²) in [5, 5.41) is 11.9. The van der Waals surface area contributed by atoms with E-state index in [1.54, 1.807) is 12.3 Å². The fraction of sp³-hybridized carbons (Fsp3) is 0.400. The van der Waals surface area contributed by atoms with E-state index in [4.69, 9.17) is 5.26 Å². The van der Waals surface area contributed by atoms with Gasteiger partial charge in [0, 0.05) is 26.2 Å². The molecular weight excluding hydrogens is 212 g/mol. The fourth-order valence-electron chi connectivity index (χ4n) is 1.56. The maximum atomic E-state index is 8.60. The zero-order chi connectivity index (χ0) is 9.80. The lowest BCUT2D eigenvalue weighted by Gasteiger charge is -2.28. The lowest BCUT2D eigenvalue weighted by Crippen LogP contribution is -2.43. The van der Waals surface area contributed by atoms with Gasteiger partial charge in [0.15, 0.2) is 0 Å². The number of nitrogens with one attached hydrogen (secondary N) is 1. The number of hydrogen-bond donors (Lipinski definition) is 1. The fourth-order valence-corrected chi connectivity index (χ4v) is 1.56. The number of nitrogens with zero attached hydrogens (tertiary/aromatic N) is 3. The molecule has 4 nitrogen and oxygen atoms in total. The van der Waals surface area contributed by atoms with Gasteiger partial charge in [-0.15, -0.1) is 12.4 Å². The summed E-state index contributed by atoms with van der Waals surface area (Å²) in [6, 6.07) is 5.73. The highest BCUT2D eigenvalue weighted by Crippen LogP contribution is 2.12. The van der Waals surface area contributed by atoms with Gasteiger partial charge in [0.1, 0.15) is 11.8 Å². The van der Waals surface area contributed by atoms with Crippen LogP contribution >= 0.6 is 12.4 Å². The molecule has 2 heterocycles. The number of nitriles is 1. The second-order valence-electron chi connectivity index (χ2n) is 3.25. The molecule has 0 bridgehead atoms. The molecule has 1 aliphatic rings. The van der Waals surface area contributed by atoms with Gasteiger partial charge in [-0.05, 0) is 12.1 Å². The molecule has 15 heavy (non-hydrogen) atoms. The standard InChI is InChI=1S/C10H12N4.ClH/c11-7-9-1-2-10(8-13-9)14-5-3-12-4-6-14;/h1-2,8,12H,3-6H2;1H. The molecule has 0 aliphatic carbocycles. The van der Waals surface area contributed by atoms with E-state index in [-0.39, 0.29) is 12.4 Å². The monoisotopic (exact) mass is 224 g/mol. The molecule has 0 saturated carbocycles. The summed E-state index contributed by atoms with van der Waals surface area (Å²) >= 11 is 0. The normalized spacial score (nSPS) is 15.3. The Morgan fingerprint density at radius 2 is 2.07 bits per heavy atom. The highest BCUT2D eigenvalue weighted by atomic mass is 35.5. The van der Waals surface area contributed by atoms with Crippen molar-refractivity contribution in [1.82, 2.24) is 10.3 Å². The van der Waals surface area contributed by atoms with Crippen LogP contribution in [0, 0.1) is 11.3 Å². The Morgan fingerprint density at radius 3 is 2.60 bits per heavy atom. The van der Waals surface area contributed by atoms with Gasteiger partial charge in [0.25, 0.3) is 0 Å². The van der Waals surface area contributed by atoms with Gasteiger partial charge in [-0.2, -0.15) is 5.26 Å². The van der Waals surface area contributed by atoms with Crippen molar-refractivity contribution in [3.05, 3.63) is 24.0 Å². The van der Waals surface area contributed by atoms with E-state index in [2.05, 4.69) is 15.2 Å². The lowest BCUT2D eigenvalue weighted by atomic mass is 10.3. The minimum atomic E-state index is 0. The molecule has 80 valence electrons. The minimum absolute atomic E-state index is 0. The van der Waals surface area contributed by atoms with Crippen LogP contribution in [0.25, 0.3) is 0 Å². The van der Waals surface area contributed by atoms with E-state index in [1.165, 1.54) is 0 Å². The van der Waals surface area contributed by atoms with Gasteiger partial charge in [-0.3, -0.25) is 0 Å². The van der Waals surface area contributed by atoms with Crippen molar-refractivity contribution in [2.45, 2.75) is 0 Å². The third kappa shape index (κ3) is 2.82. The Labute approximate surface area is 95.3 Å². The Hall–Kier alpha value is -1.31. The van der Waals surface area contributed by atoms with E-state index in [1.807, 2.05) is 12.1 Å². The Kier molecular flexibility index (Phi) is 4.35. The summed E-state index contributed by atoms with van der Waals surface area (Å²) in [6.07, 6.45) is 1.77. The van der Waals surface area contributed by atoms with Gasteiger partial charge in [-0.1, -0.05) is 0 Å². The molecule has 0 atom stereocenters. The summed E-state index contributed by atoms with van der Waals surface area (Å²) in [6.45, 7) is 4.04. The average Bonchev–Trinajstić information content (AvgIpc) is 2.30. The van der Waals surface area contributed by atoms with Crippen molar-refractivity contribution >= 4 is 18.1 Å². The molecule has 0 aromatic carbocycles. The number of aromatic nitrogens is 1. The summed E-state index contributed by atoms with van der Waals surface area (Å²) in [4.78, 5) is 6.32. The first-order valence-electron chi connectivity index (χ1n) is 4.72. The van der Waals surface area contributed by atoms with Crippen LogP contribution in [0.5, 0.6) is 0 Å². The van der Waals surface area contributed by atoms with Crippen molar-refractivity contribution in [3.63, 3.8) is 0 Å². The molecule has 1 aromatic rings. The second kappa shape index (κ2) is 5.54. The Balaban J connectivity index is 0.00000112. The molecule has 0 spiro atoms.